The summed E-state index contributed by atoms with van der Waals surface area (Å²) < 4.78 is 17.3. The molecule has 6 nitrogen and oxygen atoms in total. The number of hydrogen-bond acceptors (Lipinski definition) is 5. The minimum absolute atomic E-state index is 0.250. The van der Waals surface area contributed by atoms with E-state index >= 15 is 0 Å². The zero-order valence-electron chi connectivity index (χ0n) is 17.3. The molecular weight excluding hydrogens is 392 g/mol. The Morgan fingerprint density at radius 1 is 1.10 bits per heavy atom. The van der Waals surface area contributed by atoms with Crippen LogP contribution in [0.3, 0.4) is 0 Å². The third kappa shape index (κ3) is 7.31. The molecule has 0 spiro atoms. The smallest absolute Gasteiger partial charge is 0.236 e. The van der Waals surface area contributed by atoms with Crippen molar-refractivity contribution in [3.63, 3.8) is 0 Å². The molecule has 0 unspecified atom stereocenters. The van der Waals surface area contributed by atoms with E-state index in [2.05, 4.69) is 23.5 Å². The van der Waals surface area contributed by atoms with Gasteiger partial charge in [-0.2, -0.15) is 5.10 Å². The van der Waals surface area contributed by atoms with E-state index in [4.69, 9.17) is 25.8 Å². The van der Waals surface area contributed by atoms with Crippen LogP contribution in [0.1, 0.15) is 37.0 Å². The van der Waals surface area contributed by atoms with Gasteiger partial charge in [-0.15, -0.1) is 0 Å². The van der Waals surface area contributed by atoms with Crippen molar-refractivity contribution in [1.82, 2.24) is 5.43 Å². The Morgan fingerprint density at radius 2 is 1.86 bits per heavy atom. The quantitative estimate of drug-likeness (QED) is 0.345. The maximum absolute atomic E-state index is 10.9. The molecule has 0 atom stereocenters. The van der Waals surface area contributed by atoms with Gasteiger partial charge in [-0.25, -0.2) is 5.43 Å². The largest absolute Gasteiger partial charge is 0.493 e. The van der Waals surface area contributed by atoms with Gasteiger partial charge in [-0.1, -0.05) is 29.3 Å². The molecule has 0 saturated carbocycles. The molecule has 0 aliphatic rings. The first-order chi connectivity index (χ1) is 13.9. The summed E-state index contributed by atoms with van der Waals surface area (Å²) in [6.07, 6.45) is 2.19. The highest BCUT2D eigenvalue weighted by Gasteiger charge is 2.12. The highest BCUT2D eigenvalue weighted by atomic mass is 35.5. The first kappa shape index (κ1) is 22.6. The van der Waals surface area contributed by atoms with E-state index in [-0.39, 0.29) is 5.91 Å². The van der Waals surface area contributed by atoms with Gasteiger partial charge in [0.15, 0.2) is 11.5 Å². The molecule has 2 aromatic carbocycles. The first-order valence-electron chi connectivity index (χ1n) is 9.49. The molecule has 2 rings (SSSR count). The molecule has 0 heterocycles. The van der Waals surface area contributed by atoms with Crippen molar-refractivity contribution in [3.05, 3.63) is 52.0 Å². The zero-order chi connectivity index (χ0) is 21.2. The van der Waals surface area contributed by atoms with Crippen molar-refractivity contribution >= 4 is 23.7 Å². The lowest BCUT2D eigenvalue weighted by molar-refractivity contribution is -0.118. The van der Waals surface area contributed by atoms with E-state index in [0.29, 0.717) is 48.3 Å². The van der Waals surface area contributed by atoms with Gasteiger partial charge in [0.2, 0.25) is 5.91 Å². The molecule has 2 aromatic rings. The summed E-state index contributed by atoms with van der Waals surface area (Å²) in [7, 11) is 0. The number of ether oxygens (including phenoxy) is 3. The minimum Gasteiger partial charge on any atom is -0.493 e. The van der Waals surface area contributed by atoms with Crippen LogP contribution >= 0.6 is 11.6 Å². The second kappa shape index (κ2) is 11.3. The van der Waals surface area contributed by atoms with Crippen LogP contribution in [0.2, 0.25) is 5.02 Å². The number of aryl methyl sites for hydroxylation is 2. The Balaban J connectivity index is 1.94. The summed E-state index contributed by atoms with van der Waals surface area (Å²) in [5, 5.41) is 4.26. The second-order valence-electron chi connectivity index (χ2n) is 6.51. The maximum Gasteiger partial charge on any atom is 0.236 e. The number of carbonyl (C=O) groups is 1. The first-order valence-corrected chi connectivity index (χ1v) is 9.87. The Hall–Kier alpha value is -2.73. The van der Waals surface area contributed by atoms with Crippen molar-refractivity contribution in [2.75, 3.05) is 19.8 Å². The van der Waals surface area contributed by atoms with Gasteiger partial charge in [0.1, 0.15) is 5.75 Å². The molecular formula is C22H27ClN2O4. The molecule has 7 heteroatoms. The van der Waals surface area contributed by atoms with Gasteiger partial charge in [0.05, 0.1) is 31.1 Å². The van der Waals surface area contributed by atoms with Gasteiger partial charge in [0, 0.05) is 13.3 Å². The molecule has 0 radical (unpaired) electrons. The number of amides is 1. The van der Waals surface area contributed by atoms with Crippen LogP contribution in [0.5, 0.6) is 17.2 Å². The molecule has 0 saturated heterocycles. The van der Waals surface area contributed by atoms with Crippen molar-refractivity contribution in [3.8, 4) is 17.2 Å². The predicted octanol–water partition coefficient (Wildman–Crippen LogP) is 4.67. The molecule has 1 N–H and O–H groups in total. The topological polar surface area (TPSA) is 69.2 Å². The van der Waals surface area contributed by atoms with Crippen LogP contribution in [0.4, 0.5) is 0 Å². The molecule has 1 amide bonds. The minimum atomic E-state index is -0.250. The average molecular weight is 419 g/mol. The molecule has 0 bridgehead atoms. The van der Waals surface area contributed by atoms with Gasteiger partial charge in [0.25, 0.3) is 0 Å². The number of nitrogens with one attached hydrogen (secondary N) is 1. The van der Waals surface area contributed by atoms with Crippen molar-refractivity contribution in [1.29, 1.82) is 0 Å². The standard InChI is InChI=1S/C22H27ClN2O4/c1-5-27-21-13-18(14-24-25-17(4)26)12-19(23)22(21)29-10-6-9-28-20-8-7-15(2)11-16(20)3/h7-8,11-14H,5-6,9-10H2,1-4H3,(H,25,26). The molecule has 0 aliphatic heterocycles. The summed E-state index contributed by atoms with van der Waals surface area (Å²) in [5.74, 6) is 1.64. The van der Waals surface area contributed by atoms with Crippen molar-refractivity contribution in [2.45, 2.75) is 34.1 Å². The highest BCUT2D eigenvalue weighted by molar-refractivity contribution is 6.32. The van der Waals surface area contributed by atoms with E-state index in [1.807, 2.05) is 26.0 Å². The summed E-state index contributed by atoms with van der Waals surface area (Å²) in [6, 6.07) is 9.58. The van der Waals surface area contributed by atoms with Crippen LogP contribution in [-0.4, -0.2) is 31.9 Å². The number of carbonyl (C=O) groups excluding carboxylic acids is 1. The number of hydrazone groups is 1. The normalized spacial score (nSPS) is 10.8. The number of benzene rings is 2. The summed E-state index contributed by atoms with van der Waals surface area (Å²) in [6.45, 7) is 8.79. The Bertz CT molecular complexity index is 868. The van der Waals surface area contributed by atoms with E-state index in [1.54, 1.807) is 12.1 Å². The molecule has 29 heavy (non-hydrogen) atoms. The van der Waals surface area contributed by atoms with Crippen LogP contribution in [-0.2, 0) is 4.79 Å². The van der Waals surface area contributed by atoms with Gasteiger partial charge in [-0.05, 0) is 50.1 Å². The van der Waals surface area contributed by atoms with Gasteiger partial charge < -0.3 is 14.2 Å². The lowest BCUT2D eigenvalue weighted by Gasteiger charge is -2.15. The fourth-order valence-electron chi connectivity index (χ4n) is 2.64. The van der Waals surface area contributed by atoms with E-state index in [0.717, 1.165) is 11.3 Å². The van der Waals surface area contributed by atoms with Gasteiger partial charge >= 0.3 is 0 Å². The molecule has 0 fully saturated rings. The third-order valence-corrected chi connectivity index (χ3v) is 4.17. The lowest BCUT2D eigenvalue weighted by Crippen LogP contribution is -2.12. The number of nitrogens with zero attached hydrogens (tertiary/aromatic N) is 1. The summed E-state index contributed by atoms with van der Waals surface area (Å²) in [5.41, 5.74) is 5.37. The Morgan fingerprint density at radius 3 is 2.55 bits per heavy atom. The summed E-state index contributed by atoms with van der Waals surface area (Å²) in [4.78, 5) is 10.9. The van der Waals surface area contributed by atoms with E-state index in [1.165, 1.54) is 18.7 Å². The lowest BCUT2D eigenvalue weighted by atomic mass is 10.1. The van der Waals surface area contributed by atoms with Crippen LogP contribution in [0, 0.1) is 13.8 Å². The second-order valence-corrected chi connectivity index (χ2v) is 6.92. The predicted molar refractivity (Wildman–Crippen MR) is 116 cm³/mol. The van der Waals surface area contributed by atoms with Crippen LogP contribution in [0.15, 0.2) is 35.4 Å². The van der Waals surface area contributed by atoms with Crippen LogP contribution in [0.25, 0.3) is 0 Å². The number of hydrogen-bond donors (Lipinski definition) is 1. The molecule has 156 valence electrons. The SMILES string of the molecule is CCOc1cc(C=NNC(C)=O)cc(Cl)c1OCCCOc1ccc(C)cc1C. The Kier molecular flexibility index (Phi) is 8.80. The molecule has 0 aliphatic carbocycles. The van der Waals surface area contributed by atoms with E-state index in [9.17, 15) is 4.79 Å². The molecule has 0 aromatic heterocycles. The summed E-state index contributed by atoms with van der Waals surface area (Å²) >= 11 is 6.37. The average Bonchev–Trinajstić information content (AvgIpc) is 2.64. The van der Waals surface area contributed by atoms with Crippen LogP contribution < -0.4 is 19.6 Å². The maximum atomic E-state index is 10.9. The fourth-order valence-corrected chi connectivity index (χ4v) is 2.91. The van der Waals surface area contributed by atoms with Crippen molar-refractivity contribution in [2.24, 2.45) is 5.10 Å². The van der Waals surface area contributed by atoms with Gasteiger partial charge in [-0.3, -0.25) is 4.79 Å². The Labute approximate surface area is 176 Å². The van der Waals surface area contributed by atoms with E-state index < -0.39 is 0 Å². The number of rotatable bonds is 10. The zero-order valence-corrected chi connectivity index (χ0v) is 18.0. The third-order valence-electron chi connectivity index (χ3n) is 3.89. The highest BCUT2D eigenvalue weighted by Crippen LogP contribution is 2.36. The monoisotopic (exact) mass is 418 g/mol. The van der Waals surface area contributed by atoms with Crippen molar-refractivity contribution < 1.29 is 19.0 Å². The number of halogens is 1. The fraction of sp³-hybridized carbons (Fsp3) is 0.364.